The van der Waals surface area contributed by atoms with Crippen molar-refractivity contribution in [2.45, 2.75) is 38.5 Å². The fourth-order valence-corrected chi connectivity index (χ4v) is 2.98. The number of benzene rings is 1. The lowest BCUT2D eigenvalue weighted by Gasteiger charge is -2.05. The fourth-order valence-electron chi connectivity index (χ4n) is 2.72. The molecule has 3 nitrogen and oxygen atoms in total. The Hall–Kier alpha value is -1.74. The summed E-state index contributed by atoms with van der Waals surface area (Å²) in [6.07, 6.45) is 4.53. The molecule has 0 saturated heterocycles. The molecule has 0 radical (unpaired) electrons. The minimum atomic E-state index is 0.478. The van der Waals surface area contributed by atoms with E-state index in [4.69, 9.17) is 11.6 Å². The van der Waals surface area contributed by atoms with Gasteiger partial charge in [0.1, 0.15) is 0 Å². The van der Waals surface area contributed by atoms with Gasteiger partial charge >= 0.3 is 0 Å². The number of hydrogen-bond donors (Lipinski definition) is 1. The monoisotopic (exact) mass is 299 g/mol. The van der Waals surface area contributed by atoms with Gasteiger partial charge in [-0.25, -0.2) is 4.68 Å². The SMILES string of the molecule is CC(C)c1cc2cc(Cl)c(-n3ccc(C4CC4)n3)cc2[nH]1. The predicted molar refractivity (Wildman–Crippen MR) is 86.5 cm³/mol. The summed E-state index contributed by atoms with van der Waals surface area (Å²) < 4.78 is 1.89. The third kappa shape index (κ3) is 2.26. The average Bonchev–Trinajstić information content (AvgIpc) is 3.03. The minimum absolute atomic E-state index is 0.478. The van der Waals surface area contributed by atoms with Crippen LogP contribution in [0.4, 0.5) is 0 Å². The second kappa shape index (κ2) is 4.63. The highest BCUT2D eigenvalue weighted by Crippen LogP contribution is 2.39. The topological polar surface area (TPSA) is 33.6 Å². The van der Waals surface area contributed by atoms with Gasteiger partial charge in [0.25, 0.3) is 0 Å². The Bertz CT molecular complexity index is 809. The first-order valence-electron chi connectivity index (χ1n) is 7.50. The maximum atomic E-state index is 6.46. The van der Waals surface area contributed by atoms with Crippen molar-refractivity contribution in [3.05, 3.63) is 46.9 Å². The van der Waals surface area contributed by atoms with E-state index >= 15 is 0 Å². The highest BCUT2D eigenvalue weighted by molar-refractivity contribution is 6.33. The number of aromatic nitrogens is 3. The normalized spacial score (nSPS) is 15.2. The number of fused-ring (bicyclic) bond motifs is 1. The lowest BCUT2D eigenvalue weighted by molar-refractivity contribution is 0.834. The molecule has 1 saturated carbocycles. The lowest BCUT2D eigenvalue weighted by Crippen LogP contribution is -1.97. The van der Waals surface area contributed by atoms with Crippen LogP contribution in [0.15, 0.2) is 30.5 Å². The van der Waals surface area contributed by atoms with E-state index in [-0.39, 0.29) is 0 Å². The molecule has 2 aromatic heterocycles. The molecule has 0 unspecified atom stereocenters. The van der Waals surface area contributed by atoms with Crippen molar-refractivity contribution in [3.8, 4) is 5.69 Å². The van der Waals surface area contributed by atoms with E-state index in [0.29, 0.717) is 11.8 Å². The minimum Gasteiger partial charge on any atom is -0.358 e. The average molecular weight is 300 g/mol. The van der Waals surface area contributed by atoms with Crippen LogP contribution in [0.25, 0.3) is 16.6 Å². The van der Waals surface area contributed by atoms with Gasteiger partial charge in [-0.1, -0.05) is 25.4 Å². The number of nitrogens with zero attached hydrogens (tertiary/aromatic N) is 2. The van der Waals surface area contributed by atoms with Crippen molar-refractivity contribution in [2.75, 3.05) is 0 Å². The van der Waals surface area contributed by atoms with Crippen LogP contribution in [0.5, 0.6) is 0 Å². The van der Waals surface area contributed by atoms with Crippen LogP contribution in [0.1, 0.15) is 49.9 Å². The van der Waals surface area contributed by atoms with Crippen LogP contribution < -0.4 is 0 Å². The van der Waals surface area contributed by atoms with Gasteiger partial charge < -0.3 is 4.98 Å². The van der Waals surface area contributed by atoms with Gasteiger partial charge in [-0.05, 0) is 43.0 Å². The second-order valence-corrected chi connectivity index (χ2v) is 6.64. The smallest absolute Gasteiger partial charge is 0.0852 e. The van der Waals surface area contributed by atoms with E-state index in [0.717, 1.165) is 21.6 Å². The third-order valence-corrected chi connectivity index (χ3v) is 4.49. The quantitative estimate of drug-likeness (QED) is 0.725. The molecule has 1 aromatic carbocycles. The van der Waals surface area contributed by atoms with Crippen LogP contribution >= 0.6 is 11.6 Å². The van der Waals surface area contributed by atoms with Gasteiger partial charge in [0.2, 0.25) is 0 Å². The lowest BCUT2D eigenvalue weighted by atomic mass is 10.1. The van der Waals surface area contributed by atoms with Crippen LogP contribution in [0.3, 0.4) is 0 Å². The third-order valence-electron chi connectivity index (χ3n) is 4.18. The second-order valence-electron chi connectivity index (χ2n) is 6.23. The summed E-state index contributed by atoms with van der Waals surface area (Å²) >= 11 is 6.46. The Morgan fingerprint density at radius 3 is 2.81 bits per heavy atom. The highest BCUT2D eigenvalue weighted by Gasteiger charge is 2.26. The van der Waals surface area contributed by atoms with Crippen LogP contribution in [0.2, 0.25) is 5.02 Å². The highest BCUT2D eigenvalue weighted by atomic mass is 35.5. The first kappa shape index (κ1) is 13.0. The maximum Gasteiger partial charge on any atom is 0.0852 e. The van der Waals surface area contributed by atoms with Gasteiger partial charge in [-0.15, -0.1) is 0 Å². The Labute approximate surface area is 128 Å². The predicted octanol–water partition coefficient (Wildman–Crippen LogP) is 5.01. The van der Waals surface area contributed by atoms with E-state index in [9.17, 15) is 0 Å². The van der Waals surface area contributed by atoms with Gasteiger partial charge in [0.05, 0.1) is 16.4 Å². The zero-order valence-electron chi connectivity index (χ0n) is 12.2. The summed E-state index contributed by atoms with van der Waals surface area (Å²) in [7, 11) is 0. The van der Waals surface area contributed by atoms with E-state index in [1.165, 1.54) is 24.2 Å². The van der Waals surface area contributed by atoms with Crippen molar-refractivity contribution in [2.24, 2.45) is 0 Å². The van der Waals surface area contributed by atoms with Gasteiger partial charge in [0, 0.05) is 28.7 Å². The van der Waals surface area contributed by atoms with Crippen molar-refractivity contribution in [1.82, 2.24) is 14.8 Å². The Morgan fingerprint density at radius 1 is 1.29 bits per heavy atom. The number of rotatable bonds is 3. The Balaban J connectivity index is 1.81. The first-order chi connectivity index (χ1) is 10.1. The number of nitrogens with one attached hydrogen (secondary N) is 1. The van der Waals surface area contributed by atoms with Crippen LogP contribution in [-0.4, -0.2) is 14.8 Å². The molecule has 0 aliphatic heterocycles. The zero-order valence-corrected chi connectivity index (χ0v) is 13.0. The molecule has 1 fully saturated rings. The molecule has 108 valence electrons. The van der Waals surface area contributed by atoms with E-state index in [2.05, 4.69) is 42.1 Å². The number of aromatic amines is 1. The maximum absolute atomic E-state index is 6.46. The summed E-state index contributed by atoms with van der Waals surface area (Å²) in [6.45, 7) is 4.37. The summed E-state index contributed by atoms with van der Waals surface area (Å²) in [5.41, 5.74) is 4.47. The van der Waals surface area contributed by atoms with Crippen molar-refractivity contribution < 1.29 is 0 Å². The van der Waals surface area contributed by atoms with E-state index in [1.807, 2.05) is 16.9 Å². The number of H-pyrrole nitrogens is 1. The molecular formula is C17H18ClN3. The fraction of sp³-hybridized carbons (Fsp3) is 0.353. The summed E-state index contributed by atoms with van der Waals surface area (Å²) in [6, 6.07) is 8.39. The molecule has 0 bridgehead atoms. The summed E-state index contributed by atoms with van der Waals surface area (Å²) in [5, 5.41) is 6.56. The molecule has 4 rings (SSSR count). The molecule has 21 heavy (non-hydrogen) atoms. The van der Waals surface area contributed by atoms with Crippen molar-refractivity contribution >= 4 is 22.5 Å². The van der Waals surface area contributed by atoms with Gasteiger partial charge in [0.15, 0.2) is 0 Å². The molecular weight excluding hydrogens is 282 g/mol. The molecule has 3 aromatic rings. The van der Waals surface area contributed by atoms with E-state index < -0.39 is 0 Å². The molecule has 1 N–H and O–H groups in total. The number of hydrogen-bond acceptors (Lipinski definition) is 1. The number of halogens is 1. The molecule has 0 atom stereocenters. The Morgan fingerprint density at radius 2 is 2.10 bits per heavy atom. The molecule has 1 aliphatic rings. The first-order valence-corrected chi connectivity index (χ1v) is 7.87. The molecule has 0 spiro atoms. The molecule has 4 heteroatoms. The van der Waals surface area contributed by atoms with Crippen LogP contribution in [0, 0.1) is 0 Å². The van der Waals surface area contributed by atoms with E-state index in [1.54, 1.807) is 0 Å². The summed E-state index contributed by atoms with van der Waals surface area (Å²) in [5.74, 6) is 1.14. The van der Waals surface area contributed by atoms with Crippen molar-refractivity contribution in [1.29, 1.82) is 0 Å². The molecule has 1 aliphatic carbocycles. The largest absolute Gasteiger partial charge is 0.358 e. The van der Waals surface area contributed by atoms with Gasteiger partial charge in [-0.2, -0.15) is 5.10 Å². The molecule has 2 heterocycles. The van der Waals surface area contributed by atoms with Gasteiger partial charge in [-0.3, -0.25) is 0 Å². The standard InChI is InChI=1S/C17H18ClN3/c1-10(2)15-8-12-7-13(18)17(9-16(12)19-15)21-6-5-14(20-21)11-3-4-11/h5-11,19H,3-4H2,1-2H3. The summed E-state index contributed by atoms with van der Waals surface area (Å²) in [4.78, 5) is 3.47. The Kier molecular flexibility index (Phi) is 2.86. The molecule has 0 amide bonds. The van der Waals surface area contributed by atoms with Crippen molar-refractivity contribution in [3.63, 3.8) is 0 Å². The zero-order chi connectivity index (χ0) is 14.6. The van der Waals surface area contributed by atoms with Crippen LogP contribution in [-0.2, 0) is 0 Å².